The zero-order chi connectivity index (χ0) is 10.2. The molecule has 2 unspecified atom stereocenters. The van der Waals surface area contributed by atoms with E-state index in [4.69, 9.17) is 10.5 Å². The first-order chi connectivity index (χ1) is 6.69. The predicted molar refractivity (Wildman–Crippen MR) is 57.1 cm³/mol. The third kappa shape index (κ3) is 1.47. The first-order valence-electron chi connectivity index (χ1n) is 5.65. The maximum Gasteiger partial charge on any atom is 0.0551 e. The number of hydrogen-bond acceptors (Lipinski definition) is 3. The van der Waals surface area contributed by atoms with Gasteiger partial charge in [0.25, 0.3) is 0 Å². The monoisotopic (exact) mass is 198 g/mol. The first kappa shape index (κ1) is 10.4. The van der Waals surface area contributed by atoms with Crippen LogP contribution in [0.3, 0.4) is 0 Å². The molecule has 2 rings (SSSR count). The highest BCUT2D eigenvalue weighted by atomic mass is 16.5. The summed E-state index contributed by atoms with van der Waals surface area (Å²) in [6.07, 6.45) is 1.32. The Hall–Kier alpha value is -0.120. The summed E-state index contributed by atoms with van der Waals surface area (Å²) in [5.41, 5.74) is 6.20. The maximum atomic E-state index is 5.80. The Morgan fingerprint density at radius 3 is 2.64 bits per heavy atom. The fourth-order valence-electron chi connectivity index (χ4n) is 2.90. The molecule has 2 fully saturated rings. The molecule has 0 radical (unpaired) electrons. The van der Waals surface area contributed by atoms with Crippen LogP contribution in [0, 0.1) is 17.3 Å². The van der Waals surface area contributed by atoms with Gasteiger partial charge >= 0.3 is 0 Å². The molecule has 0 aromatic rings. The lowest BCUT2D eigenvalue weighted by atomic mass is 9.65. The third-order valence-corrected chi connectivity index (χ3v) is 4.28. The van der Waals surface area contributed by atoms with Crippen LogP contribution < -0.4 is 5.73 Å². The molecule has 3 heteroatoms. The van der Waals surface area contributed by atoms with E-state index >= 15 is 0 Å². The van der Waals surface area contributed by atoms with Crippen molar-refractivity contribution in [2.24, 2.45) is 23.0 Å². The summed E-state index contributed by atoms with van der Waals surface area (Å²) in [6, 6.07) is 0. The van der Waals surface area contributed by atoms with Gasteiger partial charge in [-0.15, -0.1) is 0 Å². The Kier molecular flexibility index (Phi) is 2.82. The van der Waals surface area contributed by atoms with E-state index in [1.807, 2.05) is 0 Å². The lowest BCUT2D eigenvalue weighted by molar-refractivity contribution is -0.170. The van der Waals surface area contributed by atoms with Crippen molar-refractivity contribution in [3.05, 3.63) is 0 Å². The lowest BCUT2D eigenvalue weighted by Crippen LogP contribution is -2.55. The molecule has 0 saturated carbocycles. The molecular weight excluding hydrogens is 176 g/mol. The van der Waals surface area contributed by atoms with Crippen molar-refractivity contribution in [1.82, 2.24) is 4.90 Å². The van der Waals surface area contributed by atoms with Crippen LogP contribution in [0.4, 0.5) is 0 Å². The molecule has 0 aromatic heterocycles. The van der Waals surface area contributed by atoms with Gasteiger partial charge in [-0.3, -0.25) is 0 Å². The molecule has 2 aliphatic heterocycles. The van der Waals surface area contributed by atoms with Gasteiger partial charge < -0.3 is 15.4 Å². The fraction of sp³-hybridized carbons (Fsp3) is 1.00. The number of rotatable bonds is 3. The highest BCUT2D eigenvalue weighted by Crippen LogP contribution is 2.46. The van der Waals surface area contributed by atoms with Crippen LogP contribution in [0.5, 0.6) is 0 Å². The molecule has 0 aromatic carbocycles. The van der Waals surface area contributed by atoms with Crippen molar-refractivity contribution in [3.8, 4) is 0 Å². The van der Waals surface area contributed by atoms with Crippen LogP contribution in [0.2, 0.25) is 0 Å². The van der Waals surface area contributed by atoms with Gasteiger partial charge in [-0.25, -0.2) is 0 Å². The molecule has 2 heterocycles. The van der Waals surface area contributed by atoms with Crippen LogP contribution in [0.15, 0.2) is 0 Å². The highest BCUT2D eigenvalue weighted by molar-refractivity contribution is 4.98. The standard InChI is InChI=1S/C11H22N2O/c1-9(5-12)11(7-14-8-11)10-3-4-13(2)6-10/h9-10H,3-8,12H2,1-2H3. The van der Waals surface area contributed by atoms with E-state index < -0.39 is 0 Å². The first-order valence-corrected chi connectivity index (χ1v) is 5.65. The van der Waals surface area contributed by atoms with Crippen LogP contribution >= 0.6 is 0 Å². The van der Waals surface area contributed by atoms with Crippen molar-refractivity contribution in [1.29, 1.82) is 0 Å². The Morgan fingerprint density at radius 1 is 1.57 bits per heavy atom. The number of ether oxygens (including phenoxy) is 1. The summed E-state index contributed by atoms with van der Waals surface area (Å²) in [6.45, 7) is 7.41. The van der Waals surface area contributed by atoms with Gasteiger partial charge in [0.2, 0.25) is 0 Å². The second-order valence-corrected chi connectivity index (χ2v) is 5.11. The van der Waals surface area contributed by atoms with E-state index in [9.17, 15) is 0 Å². The summed E-state index contributed by atoms with van der Waals surface area (Å²) in [5, 5.41) is 0. The molecule has 2 N–H and O–H groups in total. The molecule has 3 nitrogen and oxygen atoms in total. The second kappa shape index (κ2) is 3.80. The van der Waals surface area contributed by atoms with Crippen LogP contribution in [-0.2, 0) is 4.74 Å². The van der Waals surface area contributed by atoms with E-state index in [-0.39, 0.29) is 0 Å². The molecule has 82 valence electrons. The van der Waals surface area contributed by atoms with E-state index in [1.165, 1.54) is 19.5 Å². The van der Waals surface area contributed by atoms with Gasteiger partial charge in [0.05, 0.1) is 13.2 Å². The topological polar surface area (TPSA) is 38.5 Å². The number of likely N-dealkylation sites (tertiary alicyclic amines) is 1. The molecule has 0 spiro atoms. The van der Waals surface area contributed by atoms with Crippen LogP contribution in [-0.4, -0.2) is 44.8 Å². The quantitative estimate of drug-likeness (QED) is 0.720. The normalized spacial score (nSPS) is 34.1. The highest BCUT2D eigenvalue weighted by Gasteiger charge is 2.50. The summed E-state index contributed by atoms with van der Waals surface area (Å²) >= 11 is 0. The summed E-state index contributed by atoms with van der Waals surface area (Å²) in [7, 11) is 2.21. The smallest absolute Gasteiger partial charge is 0.0551 e. The molecule has 14 heavy (non-hydrogen) atoms. The zero-order valence-electron chi connectivity index (χ0n) is 9.33. The maximum absolute atomic E-state index is 5.80. The number of nitrogens with two attached hydrogens (primary N) is 1. The second-order valence-electron chi connectivity index (χ2n) is 5.11. The summed E-state index contributed by atoms with van der Waals surface area (Å²) in [4.78, 5) is 2.42. The average molecular weight is 198 g/mol. The summed E-state index contributed by atoms with van der Waals surface area (Å²) in [5.74, 6) is 1.41. The minimum absolute atomic E-state index is 0.402. The van der Waals surface area contributed by atoms with Crippen molar-refractivity contribution in [2.75, 3.05) is 39.9 Å². The van der Waals surface area contributed by atoms with Gasteiger partial charge in [0.15, 0.2) is 0 Å². The zero-order valence-corrected chi connectivity index (χ0v) is 9.33. The van der Waals surface area contributed by atoms with Gasteiger partial charge in [-0.05, 0) is 38.4 Å². The molecular formula is C11H22N2O. The van der Waals surface area contributed by atoms with Crippen molar-refractivity contribution >= 4 is 0 Å². The van der Waals surface area contributed by atoms with Gasteiger partial charge in [0.1, 0.15) is 0 Å². The Labute approximate surface area is 86.6 Å². The van der Waals surface area contributed by atoms with E-state index in [0.29, 0.717) is 11.3 Å². The van der Waals surface area contributed by atoms with Crippen molar-refractivity contribution in [3.63, 3.8) is 0 Å². The molecule has 0 amide bonds. The lowest BCUT2D eigenvalue weighted by Gasteiger charge is -2.50. The number of hydrogen-bond donors (Lipinski definition) is 1. The predicted octanol–water partition coefficient (Wildman–Crippen LogP) is 0.550. The third-order valence-electron chi connectivity index (χ3n) is 4.28. The Bertz CT molecular complexity index is 203. The largest absolute Gasteiger partial charge is 0.380 e. The van der Waals surface area contributed by atoms with E-state index in [1.54, 1.807) is 0 Å². The Balaban J connectivity index is 2.04. The van der Waals surface area contributed by atoms with E-state index in [0.717, 1.165) is 25.7 Å². The summed E-state index contributed by atoms with van der Waals surface area (Å²) < 4.78 is 5.43. The van der Waals surface area contributed by atoms with Gasteiger partial charge in [0, 0.05) is 12.0 Å². The van der Waals surface area contributed by atoms with E-state index in [2.05, 4.69) is 18.9 Å². The molecule has 2 saturated heterocycles. The fourth-order valence-corrected chi connectivity index (χ4v) is 2.90. The van der Waals surface area contributed by atoms with Crippen molar-refractivity contribution < 1.29 is 4.74 Å². The Morgan fingerprint density at radius 2 is 2.29 bits per heavy atom. The molecule has 2 aliphatic rings. The van der Waals surface area contributed by atoms with Crippen LogP contribution in [0.1, 0.15) is 13.3 Å². The van der Waals surface area contributed by atoms with Crippen LogP contribution in [0.25, 0.3) is 0 Å². The van der Waals surface area contributed by atoms with Crippen molar-refractivity contribution in [2.45, 2.75) is 13.3 Å². The minimum atomic E-state index is 0.402. The number of nitrogens with zero attached hydrogens (tertiary/aromatic N) is 1. The average Bonchev–Trinajstić information content (AvgIpc) is 2.50. The molecule has 0 aliphatic carbocycles. The molecule has 2 atom stereocenters. The molecule has 0 bridgehead atoms. The van der Waals surface area contributed by atoms with Gasteiger partial charge in [-0.2, -0.15) is 0 Å². The SMILES string of the molecule is CC(CN)C1(C2CCN(C)C2)COC1. The van der Waals surface area contributed by atoms with Gasteiger partial charge in [-0.1, -0.05) is 6.92 Å². The minimum Gasteiger partial charge on any atom is -0.380 e.